The van der Waals surface area contributed by atoms with Gasteiger partial charge in [0.1, 0.15) is 0 Å². The number of allylic oxidation sites excluding steroid dienone is 2. The van der Waals surface area contributed by atoms with Gasteiger partial charge in [0.15, 0.2) is 0 Å². The average Bonchev–Trinajstić information content (AvgIpc) is 2.62. The van der Waals surface area contributed by atoms with Crippen molar-refractivity contribution in [2.75, 3.05) is 0 Å². The highest BCUT2D eigenvalue weighted by atomic mass is 16.3. The fraction of sp³-hybridized carbons (Fsp3) is 0.0909. The second kappa shape index (κ2) is 6.53. The Morgan fingerprint density at radius 2 is 1.04 bits per heavy atom. The first-order valence-corrected chi connectivity index (χ1v) is 7.78. The Bertz CT molecular complexity index is 769. The summed E-state index contributed by atoms with van der Waals surface area (Å²) in [5.41, 5.74) is 6.61. The van der Waals surface area contributed by atoms with Crippen LogP contribution in [0.25, 0.3) is 27.8 Å². The van der Waals surface area contributed by atoms with E-state index in [0.717, 1.165) is 22.3 Å². The summed E-state index contributed by atoms with van der Waals surface area (Å²) in [5, 5.41) is 9.88. The molecule has 0 unspecified atom stereocenters. The largest absolute Gasteiger partial charge is 0.512 e. The molecule has 23 heavy (non-hydrogen) atoms. The molecule has 1 heteroatoms. The third-order valence-corrected chi connectivity index (χ3v) is 4.12. The minimum absolute atomic E-state index is 0.356. The molecule has 3 aromatic rings. The predicted molar refractivity (Wildman–Crippen MR) is 98.2 cm³/mol. The van der Waals surface area contributed by atoms with Crippen molar-refractivity contribution in [1.29, 1.82) is 0 Å². The predicted octanol–water partition coefficient (Wildman–Crippen LogP) is 6.33. The quantitative estimate of drug-likeness (QED) is 0.560. The minimum atomic E-state index is 0.356. The normalized spacial score (nSPS) is 11.9. The van der Waals surface area contributed by atoms with Crippen LogP contribution < -0.4 is 0 Å². The summed E-state index contributed by atoms with van der Waals surface area (Å²) in [7, 11) is 0. The van der Waals surface area contributed by atoms with Gasteiger partial charge in [0, 0.05) is 0 Å². The zero-order valence-electron chi connectivity index (χ0n) is 13.5. The zero-order chi connectivity index (χ0) is 16.2. The van der Waals surface area contributed by atoms with Crippen molar-refractivity contribution in [1.82, 2.24) is 0 Å². The van der Waals surface area contributed by atoms with Crippen LogP contribution in [0, 0.1) is 0 Å². The van der Waals surface area contributed by atoms with E-state index in [1.165, 1.54) is 11.1 Å². The number of hydrogen-bond acceptors (Lipinski definition) is 1. The monoisotopic (exact) mass is 300 g/mol. The van der Waals surface area contributed by atoms with Gasteiger partial charge in [-0.15, -0.1) is 0 Å². The van der Waals surface area contributed by atoms with Crippen molar-refractivity contribution >= 4 is 5.57 Å². The van der Waals surface area contributed by atoms with E-state index in [0.29, 0.717) is 5.76 Å². The smallest absolute Gasteiger partial charge is 0.0926 e. The second-order valence-electron chi connectivity index (χ2n) is 5.74. The van der Waals surface area contributed by atoms with Gasteiger partial charge in [0.25, 0.3) is 0 Å². The van der Waals surface area contributed by atoms with Crippen molar-refractivity contribution < 1.29 is 5.11 Å². The molecule has 0 atom stereocenters. The Balaban J connectivity index is 2.21. The lowest BCUT2D eigenvalue weighted by atomic mass is 9.93. The third-order valence-electron chi connectivity index (χ3n) is 4.12. The highest BCUT2D eigenvalue weighted by Crippen LogP contribution is 2.31. The van der Waals surface area contributed by atoms with Crippen molar-refractivity contribution in [3.8, 4) is 22.3 Å². The molecule has 3 rings (SSSR count). The van der Waals surface area contributed by atoms with Crippen LogP contribution >= 0.6 is 0 Å². The van der Waals surface area contributed by atoms with Crippen LogP contribution in [0.3, 0.4) is 0 Å². The number of aliphatic hydroxyl groups excluding tert-OH is 1. The van der Waals surface area contributed by atoms with Gasteiger partial charge in [-0.3, -0.25) is 0 Å². The van der Waals surface area contributed by atoms with Gasteiger partial charge in [-0.25, -0.2) is 0 Å². The Labute approximate surface area is 137 Å². The molecule has 0 aliphatic rings. The van der Waals surface area contributed by atoms with E-state index < -0.39 is 0 Å². The van der Waals surface area contributed by atoms with Crippen LogP contribution in [0.4, 0.5) is 0 Å². The molecule has 0 aliphatic heterocycles. The summed E-state index contributed by atoms with van der Waals surface area (Å²) < 4.78 is 0. The van der Waals surface area contributed by atoms with Gasteiger partial charge in [-0.2, -0.15) is 0 Å². The molecular weight excluding hydrogens is 280 g/mol. The number of aliphatic hydroxyl groups is 1. The molecule has 0 heterocycles. The maximum absolute atomic E-state index is 9.88. The molecule has 0 saturated carbocycles. The molecule has 0 amide bonds. The molecule has 114 valence electrons. The molecule has 0 aliphatic carbocycles. The van der Waals surface area contributed by atoms with Crippen LogP contribution in [-0.2, 0) is 0 Å². The highest BCUT2D eigenvalue weighted by Gasteiger charge is 2.08. The highest BCUT2D eigenvalue weighted by molar-refractivity contribution is 5.79. The van der Waals surface area contributed by atoms with Crippen molar-refractivity contribution in [2.24, 2.45) is 0 Å². The molecule has 0 radical (unpaired) electrons. The molecule has 0 fully saturated rings. The lowest BCUT2D eigenvalue weighted by Gasteiger charge is -2.12. The van der Waals surface area contributed by atoms with E-state index in [1.807, 2.05) is 43.3 Å². The fourth-order valence-electron chi connectivity index (χ4n) is 2.65. The van der Waals surface area contributed by atoms with Crippen molar-refractivity contribution in [2.45, 2.75) is 13.8 Å². The molecule has 1 nitrogen and oxygen atoms in total. The first kappa shape index (κ1) is 15.1. The van der Waals surface area contributed by atoms with E-state index in [1.54, 1.807) is 6.92 Å². The van der Waals surface area contributed by atoms with E-state index in [9.17, 15) is 5.11 Å². The summed E-state index contributed by atoms with van der Waals surface area (Å²) in [6.07, 6.45) is 0. The van der Waals surface area contributed by atoms with Gasteiger partial charge in [0.05, 0.1) is 5.76 Å². The third kappa shape index (κ3) is 3.35. The summed E-state index contributed by atoms with van der Waals surface area (Å²) >= 11 is 0. The molecule has 1 N–H and O–H groups in total. The first-order chi connectivity index (χ1) is 11.1. The maximum atomic E-state index is 9.88. The van der Waals surface area contributed by atoms with E-state index in [4.69, 9.17) is 0 Å². The van der Waals surface area contributed by atoms with Gasteiger partial charge in [-0.1, -0.05) is 60.7 Å². The molecule has 0 spiro atoms. The van der Waals surface area contributed by atoms with Crippen molar-refractivity contribution in [3.05, 3.63) is 90.2 Å². The lowest BCUT2D eigenvalue weighted by Crippen LogP contribution is -1.89. The van der Waals surface area contributed by atoms with Gasteiger partial charge in [-0.05, 0) is 65.4 Å². The summed E-state index contributed by atoms with van der Waals surface area (Å²) in [6.45, 7) is 3.68. The Kier molecular flexibility index (Phi) is 4.29. The van der Waals surface area contributed by atoms with Crippen LogP contribution in [0.5, 0.6) is 0 Å². The molecular formula is C22H20O. The molecule has 0 saturated heterocycles. The summed E-state index contributed by atoms with van der Waals surface area (Å²) in [5.74, 6) is 0.356. The van der Waals surface area contributed by atoms with Gasteiger partial charge in [0.2, 0.25) is 0 Å². The second-order valence-corrected chi connectivity index (χ2v) is 5.74. The van der Waals surface area contributed by atoms with Crippen LogP contribution in [0.1, 0.15) is 19.4 Å². The molecule has 0 bridgehead atoms. The Morgan fingerprint density at radius 1 is 0.609 bits per heavy atom. The van der Waals surface area contributed by atoms with E-state index in [-0.39, 0.29) is 0 Å². The number of rotatable bonds is 3. The number of benzene rings is 3. The minimum Gasteiger partial charge on any atom is -0.512 e. The van der Waals surface area contributed by atoms with E-state index >= 15 is 0 Å². The van der Waals surface area contributed by atoms with Crippen molar-refractivity contribution in [3.63, 3.8) is 0 Å². The van der Waals surface area contributed by atoms with E-state index in [2.05, 4.69) is 42.5 Å². The Hall–Kier alpha value is -2.80. The van der Waals surface area contributed by atoms with Crippen LogP contribution in [0.15, 0.2) is 84.6 Å². The van der Waals surface area contributed by atoms with Gasteiger partial charge < -0.3 is 5.11 Å². The SMILES string of the molecule is C/C(O)=C(\C)c1cc(-c2ccccc2)cc(-c2ccccc2)c1. The van der Waals surface area contributed by atoms with Gasteiger partial charge >= 0.3 is 0 Å². The standard InChI is InChI=1S/C22H20O/c1-16(17(2)23)20-13-21(18-9-5-3-6-10-18)15-22(14-20)19-11-7-4-8-12-19/h3-15,23H,1-2H3/b17-16-. The Morgan fingerprint density at radius 3 is 1.43 bits per heavy atom. The summed E-state index contributed by atoms with van der Waals surface area (Å²) in [6, 6.07) is 27.1. The summed E-state index contributed by atoms with van der Waals surface area (Å²) in [4.78, 5) is 0. The molecule has 0 aromatic heterocycles. The topological polar surface area (TPSA) is 20.2 Å². The van der Waals surface area contributed by atoms with Crippen LogP contribution in [0.2, 0.25) is 0 Å². The average molecular weight is 300 g/mol. The van der Waals surface area contributed by atoms with Crippen LogP contribution in [-0.4, -0.2) is 5.11 Å². The molecule has 3 aromatic carbocycles. The zero-order valence-corrected chi connectivity index (χ0v) is 13.5. The fourth-order valence-corrected chi connectivity index (χ4v) is 2.65. The maximum Gasteiger partial charge on any atom is 0.0926 e. The number of hydrogen-bond donors (Lipinski definition) is 1. The first-order valence-electron chi connectivity index (χ1n) is 7.78. The lowest BCUT2D eigenvalue weighted by molar-refractivity contribution is 0.416.